The summed E-state index contributed by atoms with van der Waals surface area (Å²) in [5.74, 6) is 1.32. The van der Waals surface area contributed by atoms with E-state index < -0.39 is 24.3 Å². The van der Waals surface area contributed by atoms with E-state index in [2.05, 4.69) is 27.7 Å². The van der Waals surface area contributed by atoms with E-state index in [0.29, 0.717) is 53.9 Å². The van der Waals surface area contributed by atoms with Crippen molar-refractivity contribution in [3.05, 3.63) is 107 Å². The van der Waals surface area contributed by atoms with Crippen molar-refractivity contribution in [3.63, 3.8) is 0 Å². The van der Waals surface area contributed by atoms with Gasteiger partial charge in [0.15, 0.2) is 29.2 Å². The number of hydrogen-bond acceptors (Lipinski definition) is 10. The number of aliphatic hydroxyl groups excluding tert-OH is 1. The summed E-state index contributed by atoms with van der Waals surface area (Å²) in [6, 6.07) is 17.4. The number of allylic oxidation sites excluding steroid dienone is 2. The van der Waals surface area contributed by atoms with E-state index in [1.54, 1.807) is 50.6 Å². The molecule has 2 amide bonds. The number of carbonyl (C=O) groups excluding carboxylic acids is 2. The lowest BCUT2D eigenvalue weighted by Crippen LogP contribution is -2.45. The molecule has 1 aliphatic heterocycles. The smallest absolute Gasteiger partial charge is 0.337 e. The van der Waals surface area contributed by atoms with Crippen molar-refractivity contribution in [1.29, 1.82) is 0 Å². The first-order chi connectivity index (χ1) is 22.8. The predicted molar refractivity (Wildman–Crippen MR) is 177 cm³/mol. The van der Waals surface area contributed by atoms with Crippen LogP contribution in [-0.4, -0.2) is 57.0 Å². The summed E-state index contributed by atoms with van der Waals surface area (Å²) in [7, 11) is 2.85. The van der Waals surface area contributed by atoms with Gasteiger partial charge >= 0.3 is 12.0 Å². The molecule has 4 N–H and O–H groups in total. The van der Waals surface area contributed by atoms with E-state index in [4.69, 9.17) is 23.7 Å². The Labute approximate surface area is 274 Å². The highest BCUT2D eigenvalue weighted by atomic mass is 16.5. The highest BCUT2D eigenvalue weighted by Crippen LogP contribution is 2.36. The number of ether oxygens (including phenoxy) is 5. The molecule has 0 fully saturated rings. The number of urea groups is 1. The molecule has 0 aliphatic carbocycles. The van der Waals surface area contributed by atoms with Crippen LogP contribution in [0.4, 0.5) is 4.79 Å². The normalized spacial score (nSPS) is 14.9. The van der Waals surface area contributed by atoms with Gasteiger partial charge in [-0.15, -0.1) is 6.58 Å². The van der Waals surface area contributed by atoms with Gasteiger partial charge in [0.25, 0.3) is 0 Å². The minimum absolute atomic E-state index is 0.162. The number of esters is 1. The van der Waals surface area contributed by atoms with Crippen LogP contribution in [0, 0.1) is 0 Å². The molecule has 248 valence electrons. The Bertz CT molecular complexity index is 1620. The van der Waals surface area contributed by atoms with Gasteiger partial charge in [-0.1, -0.05) is 42.5 Å². The van der Waals surface area contributed by atoms with Crippen molar-refractivity contribution in [2.24, 2.45) is 5.10 Å². The van der Waals surface area contributed by atoms with Crippen LogP contribution in [0.2, 0.25) is 0 Å². The van der Waals surface area contributed by atoms with Crippen LogP contribution < -0.4 is 35.0 Å². The number of carbonyl (C=O) groups is 2. The molecule has 1 heterocycles. The Balaban J connectivity index is 1.42. The molecule has 3 aromatic rings. The standard InChI is InChI=1S/C35H40N4O8/c1-6-11-26-16-24(17-29(43-4)33(26)47-20-23-12-9-8-10-13-23)19-36-39-30(40)21-46-27-15-14-25(18-28(27)45-7-2)32-31(34(41)44-5)22(3)37-35(42)38-32/h6,8-10,12-19,30,32,39-40H,1,7,11,20-21H2,2-5H3,(H2,37,38,42)/b36-19-/t30-,32-/m1/s1. The van der Waals surface area contributed by atoms with Gasteiger partial charge in [-0.05, 0) is 61.2 Å². The van der Waals surface area contributed by atoms with Gasteiger partial charge in [0, 0.05) is 11.3 Å². The number of rotatable bonds is 16. The number of nitrogens with zero attached hydrogens (tertiary/aromatic N) is 1. The summed E-state index contributed by atoms with van der Waals surface area (Å²) >= 11 is 0. The predicted octanol–water partition coefficient (Wildman–Crippen LogP) is 4.52. The molecule has 2 atom stereocenters. The quantitative estimate of drug-likeness (QED) is 0.0581. The highest BCUT2D eigenvalue weighted by Gasteiger charge is 2.32. The van der Waals surface area contributed by atoms with Crippen molar-refractivity contribution in [1.82, 2.24) is 16.1 Å². The van der Waals surface area contributed by atoms with E-state index in [9.17, 15) is 14.7 Å². The van der Waals surface area contributed by atoms with Gasteiger partial charge in [0.1, 0.15) is 13.2 Å². The first kappa shape index (κ1) is 34.4. The molecule has 0 aromatic heterocycles. The van der Waals surface area contributed by atoms with Gasteiger partial charge < -0.3 is 39.4 Å². The zero-order chi connectivity index (χ0) is 33.8. The molecule has 0 spiro atoms. The minimum Gasteiger partial charge on any atom is -0.493 e. The molecule has 1 aliphatic rings. The zero-order valence-electron chi connectivity index (χ0n) is 26.9. The number of benzene rings is 3. The third kappa shape index (κ3) is 9.04. The minimum atomic E-state index is -1.16. The zero-order valence-corrected chi connectivity index (χ0v) is 26.9. The summed E-state index contributed by atoms with van der Waals surface area (Å²) in [5, 5.41) is 20.1. The number of hydrazone groups is 1. The number of hydrogen-bond donors (Lipinski definition) is 4. The Morgan fingerprint density at radius 1 is 1.06 bits per heavy atom. The van der Waals surface area contributed by atoms with Crippen LogP contribution in [-0.2, 0) is 22.6 Å². The van der Waals surface area contributed by atoms with Crippen LogP contribution >= 0.6 is 0 Å². The summed E-state index contributed by atoms with van der Waals surface area (Å²) in [4.78, 5) is 24.7. The van der Waals surface area contributed by atoms with E-state index in [-0.39, 0.29) is 12.2 Å². The average molecular weight is 645 g/mol. The Kier molecular flexibility index (Phi) is 12.2. The lowest BCUT2D eigenvalue weighted by molar-refractivity contribution is -0.136. The van der Waals surface area contributed by atoms with Crippen molar-refractivity contribution >= 4 is 18.2 Å². The van der Waals surface area contributed by atoms with Crippen molar-refractivity contribution in [2.45, 2.75) is 39.1 Å². The second kappa shape index (κ2) is 16.7. The summed E-state index contributed by atoms with van der Waals surface area (Å²) in [5.41, 5.74) is 6.53. The molecule has 0 unspecified atom stereocenters. The third-order valence-corrected chi connectivity index (χ3v) is 7.07. The fraction of sp³-hybridized carbons (Fsp3) is 0.286. The summed E-state index contributed by atoms with van der Waals surface area (Å²) in [6.07, 6.45) is 2.73. The maximum Gasteiger partial charge on any atom is 0.337 e. The Morgan fingerprint density at radius 3 is 2.55 bits per heavy atom. The summed E-state index contributed by atoms with van der Waals surface area (Å²) in [6.45, 7) is 7.85. The molecule has 47 heavy (non-hydrogen) atoms. The fourth-order valence-electron chi connectivity index (χ4n) is 4.93. The van der Waals surface area contributed by atoms with Crippen LogP contribution in [0.15, 0.2) is 89.7 Å². The molecular weight excluding hydrogens is 604 g/mol. The number of nitrogens with one attached hydrogen (secondary N) is 3. The van der Waals surface area contributed by atoms with Gasteiger partial charge in [0.05, 0.1) is 38.7 Å². The first-order valence-electron chi connectivity index (χ1n) is 15.0. The third-order valence-electron chi connectivity index (χ3n) is 7.07. The fourth-order valence-corrected chi connectivity index (χ4v) is 4.93. The number of amides is 2. The molecule has 3 aromatic carbocycles. The van der Waals surface area contributed by atoms with Crippen LogP contribution in [0.5, 0.6) is 23.0 Å². The van der Waals surface area contributed by atoms with Gasteiger partial charge in [-0.3, -0.25) is 5.43 Å². The number of methoxy groups -OCH3 is 2. The largest absolute Gasteiger partial charge is 0.493 e. The maximum atomic E-state index is 12.5. The van der Waals surface area contributed by atoms with Crippen molar-refractivity contribution in [2.75, 3.05) is 27.4 Å². The second-order valence-corrected chi connectivity index (χ2v) is 10.4. The molecule has 0 saturated carbocycles. The average Bonchev–Trinajstić information content (AvgIpc) is 3.07. The van der Waals surface area contributed by atoms with Gasteiger partial charge in [-0.25, -0.2) is 9.59 Å². The molecule has 0 radical (unpaired) electrons. The second-order valence-electron chi connectivity index (χ2n) is 10.4. The topological polar surface area (TPSA) is 149 Å². The molecule has 12 nitrogen and oxygen atoms in total. The number of aliphatic hydroxyl groups is 1. The van der Waals surface area contributed by atoms with Crippen LogP contribution in [0.25, 0.3) is 0 Å². The van der Waals surface area contributed by atoms with Crippen molar-refractivity contribution < 1.29 is 38.4 Å². The lowest BCUT2D eigenvalue weighted by Gasteiger charge is -2.28. The van der Waals surface area contributed by atoms with Gasteiger partial charge in [-0.2, -0.15) is 5.10 Å². The van der Waals surface area contributed by atoms with E-state index in [1.807, 2.05) is 43.3 Å². The molecule has 0 saturated heterocycles. The lowest BCUT2D eigenvalue weighted by atomic mass is 9.95. The molecular formula is C35H40N4O8. The van der Waals surface area contributed by atoms with Gasteiger partial charge in [0.2, 0.25) is 0 Å². The SMILES string of the molecule is C=CCc1cc(/C=N\N[C@H](O)COc2ccc([C@H]3NC(=O)NC(C)=C3C(=O)OC)cc2OCC)cc(OC)c1OCc1ccccc1. The maximum absolute atomic E-state index is 12.5. The van der Waals surface area contributed by atoms with Crippen molar-refractivity contribution in [3.8, 4) is 23.0 Å². The molecule has 12 heteroatoms. The van der Waals surface area contributed by atoms with E-state index in [1.165, 1.54) is 7.11 Å². The Hall–Kier alpha value is -5.49. The summed E-state index contributed by atoms with van der Waals surface area (Å²) < 4.78 is 28.3. The van der Waals surface area contributed by atoms with E-state index in [0.717, 1.165) is 16.7 Å². The van der Waals surface area contributed by atoms with Crippen LogP contribution in [0.3, 0.4) is 0 Å². The molecule has 4 rings (SSSR count). The van der Waals surface area contributed by atoms with E-state index >= 15 is 0 Å². The monoisotopic (exact) mass is 644 g/mol. The van der Waals surface area contributed by atoms with Crippen LogP contribution in [0.1, 0.15) is 42.1 Å². The Morgan fingerprint density at radius 2 is 1.85 bits per heavy atom. The molecule has 0 bridgehead atoms. The first-order valence-corrected chi connectivity index (χ1v) is 15.0. The highest BCUT2D eigenvalue weighted by molar-refractivity contribution is 5.95.